The summed E-state index contributed by atoms with van der Waals surface area (Å²) >= 11 is 2.11. The van der Waals surface area contributed by atoms with E-state index in [9.17, 15) is 0 Å². The summed E-state index contributed by atoms with van der Waals surface area (Å²) in [4.78, 5) is 1.62. The predicted molar refractivity (Wildman–Crippen MR) is 132 cm³/mol. The standard InChI is InChI=1S/C25H54N.CHNSe/c1-5-8-11-14-17-20-23-26(4,24-21-18-15-12-9-6-2)25-22-19-16-13-10-7-3;2-1-3/h5-25H2,1-4H3;3H/q+1;/p-1. The van der Waals surface area contributed by atoms with Gasteiger partial charge in [-0.25, -0.2) is 0 Å². The second kappa shape index (κ2) is 26.0. The van der Waals surface area contributed by atoms with Gasteiger partial charge < -0.3 is 4.48 Å². The fourth-order valence-electron chi connectivity index (χ4n) is 4.16. The third-order valence-corrected chi connectivity index (χ3v) is 6.15. The minimum absolute atomic E-state index is 1.36. The van der Waals surface area contributed by atoms with Crippen LogP contribution in [0.15, 0.2) is 0 Å². The monoisotopic (exact) mass is 474 g/mol. The van der Waals surface area contributed by atoms with Gasteiger partial charge in [0.2, 0.25) is 0 Å². The summed E-state index contributed by atoms with van der Waals surface area (Å²) in [5.41, 5.74) is 0. The van der Waals surface area contributed by atoms with Gasteiger partial charge in [-0.15, -0.1) is 0 Å². The van der Waals surface area contributed by atoms with Gasteiger partial charge in [0.05, 0.1) is 26.7 Å². The molecule has 0 amide bonds. The summed E-state index contributed by atoms with van der Waals surface area (Å²) in [6, 6.07) is 0. The van der Waals surface area contributed by atoms with Crippen LogP contribution in [0.5, 0.6) is 0 Å². The van der Waals surface area contributed by atoms with Crippen molar-refractivity contribution in [1.29, 1.82) is 5.26 Å². The zero-order valence-corrected chi connectivity index (χ0v) is 22.4. The van der Waals surface area contributed by atoms with E-state index in [1.807, 2.05) is 0 Å². The fraction of sp³-hybridized carbons (Fsp3) is 0.962. The van der Waals surface area contributed by atoms with Gasteiger partial charge in [0.15, 0.2) is 0 Å². The Balaban J connectivity index is 0. The first-order valence-corrected chi connectivity index (χ1v) is 13.8. The molecule has 0 heterocycles. The van der Waals surface area contributed by atoms with Crippen LogP contribution in [0, 0.1) is 10.2 Å². The molecule has 0 radical (unpaired) electrons. The summed E-state index contributed by atoms with van der Waals surface area (Å²) in [7, 11) is 2.56. The van der Waals surface area contributed by atoms with Crippen molar-refractivity contribution >= 4 is 16.0 Å². The number of quaternary nitrogens is 1. The maximum absolute atomic E-state index is 7.26. The first-order valence-electron chi connectivity index (χ1n) is 12.9. The summed E-state index contributed by atoms with van der Waals surface area (Å²) in [6.07, 6.45) is 25.9. The van der Waals surface area contributed by atoms with Crippen molar-refractivity contribution in [3.63, 3.8) is 0 Å². The van der Waals surface area contributed by atoms with Crippen LogP contribution in [-0.4, -0.2) is 47.2 Å². The summed E-state index contributed by atoms with van der Waals surface area (Å²) in [5.74, 6) is 0. The van der Waals surface area contributed by atoms with E-state index in [1.54, 1.807) is 4.97 Å². The van der Waals surface area contributed by atoms with Gasteiger partial charge in [0, 0.05) is 0 Å². The van der Waals surface area contributed by atoms with Crippen LogP contribution in [0.3, 0.4) is 0 Å². The number of hydrogen-bond acceptors (Lipinski definition) is 1. The van der Waals surface area contributed by atoms with Crippen LogP contribution in [0.2, 0.25) is 0 Å². The average Bonchev–Trinajstić information content (AvgIpc) is 2.71. The van der Waals surface area contributed by atoms with Crippen molar-refractivity contribution in [2.75, 3.05) is 26.7 Å². The molecule has 174 valence electrons. The molecule has 0 aliphatic heterocycles. The zero-order valence-electron chi connectivity index (χ0n) is 20.7. The molecule has 0 atom stereocenters. The molecule has 0 fully saturated rings. The van der Waals surface area contributed by atoms with Crippen LogP contribution in [-0.2, 0) is 0 Å². The van der Waals surface area contributed by atoms with E-state index in [0.717, 1.165) is 0 Å². The van der Waals surface area contributed by atoms with Crippen molar-refractivity contribution in [3.8, 4) is 4.97 Å². The van der Waals surface area contributed by atoms with Crippen LogP contribution in [0.4, 0.5) is 0 Å². The molecule has 0 aliphatic carbocycles. The molecule has 0 aromatic rings. The Hall–Kier alpha value is -0.0305. The Morgan fingerprint density at radius 1 is 0.517 bits per heavy atom. The molecule has 0 spiro atoms. The van der Waals surface area contributed by atoms with E-state index in [0.29, 0.717) is 0 Å². The Morgan fingerprint density at radius 3 is 0.966 bits per heavy atom. The van der Waals surface area contributed by atoms with Crippen LogP contribution < -0.4 is 0 Å². The zero-order chi connectivity index (χ0) is 22.1. The van der Waals surface area contributed by atoms with Crippen molar-refractivity contribution in [1.82, 2.24) is 0 Å². The average molecular weight is 474 g/mol. The predicted octanol–water partition coefficient (Wildman–Crippen LogP) is 8.15. The van der Waals surface area contributed by atoms with E-state index in [4.69, 9.17) is 5.26 Å². The summed E-state index contributed by atoms with van der Waals surface area (Å²) < 4.78 is 1.36. The second-order valence-corrected chi connectivity index (χ2v) is 9.57. The Bertz CT molecular complexity index is 297. The quantitative estimate of drug-likeness (QED) is 0.0937. The van der Waals surface area contributed by atoms with Crippen molar-refractivity contribution in [2.24, 2.45) is 0 Å². The van der Waals surface area contributed by atoms with E-state index < -0.39 is 0 Å². The van der Waals surface area contributed by atoms with Crippen molar-refractivity contribution in [3.05, 3.63) is 0 Å². The van der Waals surface area contributed by atoms with E-state index >= 15 is 0 Å². The normalized spacial score (nSPS) is 11.0. The maximum atomic E-state index is 7.26. The van der Waals surface area contributed by atoms with Gasteiger partial charge >= 0.3 is 26.2 Å². The van der Waals surface area contributed by atoms with E-state index in [-0.39, 0.29) is 0 Å². The van der Waals surface area contributed by atoms with Gasteiger partial charge in [-0.05, 0) is 38.5 Å². The van der Waals surface area contributed by atoms with Gasteiger partial charge in [-0.3, -0.25) is 0 Å². The summed E-state index contributed by atoms with van der Waals surface area (Å²) in [6.45, 7) is 11.2. The Kier molecular flexibility index (Phi) is 27.9. The second-order valence-electron chi connectivity index (χ2n) is 9.18. The molecule has 0 unspecified atom stereocenters. The molecule has 0 saturated carbocycles. The number of nitrogens with zero attached hydrogens (tertiary/aromatic N) is 2. The SMILES string of the molecule is CCCCCCCC[N+](C)(CCCCCCCC)CCCCCCCC.N#C[Se-]. The molecule has 0 bridgehead atoms. The van der Waals surface area contributed by atoms with Crippen molar-refractivity contribution < 1.29 is 4.48 Å². The molecule has 0 aromatic carbocycles. The number of unbranched alkanes of at least 4 members (excludes halogenated alkanes) is 15. The van der Waals surface area contributed by atoms with Gasteiger partial charge in [-0.1, -0.05) is 97.8 Å². The molecular weight excluding hydrogens is 419 g/mol. The van der Waals surface area contributed by atoms with E-state index in [1.165, 1.54) is 140 Å². The summed E-state index contributed by atoms with van der Waals surface area (Å²) in [5, 5.41) is 7.26. The van der Waals surface area contributed by atoms with Crippen LogP contribution >= 0.6 is 0 Å². The molecule has 2 nitrogen and oxygen atoms in total. The Morgan fingerprint density at radius 2 is 0.724 bits per heavy atom. The third kappa shape index (κ3) is 25.9. The van der Waals surface area contributed by atoms with E-state index in [2.05, 4.69) is 43.8 Å². The molecule has 0 aromatic heterocycles. The molecule has 0 aliphatic rings. The van der Waals surface area contributed by atoms with Gasteiger partial charge in [0.25, 0.3) is 0 Å². The molecule has 0 rings (SSSR count). The first-order chi connectivity index (χ1) is 14.1. The van der Waals surface area contributed by atoms with Gasteiger partial charge in [0.1, 0.15) is 0 Å². The molecule has 0 saturated heterocycles. The topological polar surface area (TPSA) is 23.8 Å². The molecule has 29 heavy (non-hydrogen) atoms. The molecule has 0 N–H and O–H groups in total. The molecule has 3 heteroatoms. The number of rotatable bonds is 21. The molecular formula is C26H54N2Se. The third-order valence-electron chi connectivity index (χ3n) is 6.15. The minimum atomic E-state index is 1.36. The Labute approximate surface area is 193 Å². The number of hydrogen-bond donors (Lipinski definition) is 0. The first kappa shape index (κ1) is 31.2. The van der Waals surface area contributed by atoms with Crippen molar-refractivity contribution in [2.45, 2.75) is 136 Å². The number of nitriles is 1. The van der Waals surface area contributed by atoms with Gasteiger partial charge in [-0.2, -0.15) is 0 Å². The van der Waals surface area contributed by atoms with Crippen LogP contribution in [0.25, 0.3) is 0 Å². The fourth-order valence-corrected chi connectivity index (χ4v) is 4.16. The van der Waals surface area contributed by atoms with Crippen LogP contribution in [0.1, 0.15) is 136 Å².